The van der Waals surface area contributed by atoms with E-state index in [4.69, 9.17) is 23.2 Å². The van der Waals surface area contributed by atoms with Crippen molar-refractivity contribution in [2.45, 2.75) is 6.92 Å². The van der Waals surface area contributed by atoms with Gasteiger partial charge in [0.1, 0.15) is 0 Å². The lowest BCUT2D eigenvalue weighted by molar-refractivity contribution is -0.118. The normalized spacial score (nSPS) is 10.8. The SMILES string of the molecule is CC(=O)NCC=Cc1cc(Cl)c(F)c(Cl)c1. The van der Waals surface area contributed by atoms with Crippen molar-refractivity contribution in [3.05, 3.63) is 39.6 Å². The largest absolute Gasteiger partial charge is 0.353 e. The Bertz CT molecular complexity index is 409. The number of benzene rings is 1. The predicted molar refractivity (Wildman–Crippen MR) is 64.1 cm³/mol. The molecule has 0 saturated carbocycles. The molecule has 1 rings (SSSR count). The molecule has 0 aliphatic heterocycles. The van der Waals surface area contributed by atoms with Gasteiger partial charge in [0.15, 0.2) is 5.82 Å². The highest BCUT2D eigenvalue weighted by molar-refractivity contribution is 6.35. The minimum atomic E-state index is -0.623. The van der Waals surface area contributed by atoms with Crippen molar-refractivity contribution in [2.75, 3.05) is 6.54 Å². The van der Waals surface area contributed by atoms with Crippen molar-refractivity contribution in [3.8, 4) is 0 Å². The van der Waals surface area contributed by atoms with Crippen LogP contribution in [0.4, 0.5) is 4.39 Å². The molecule has 1 amide bonds. The van der Waals surface area contributed by atoms with E-state index in [1.807, 2.05) is 0 Å². The van der Waals surface area contributed by atoms with E-state index in [2.05, 4.69) is 5.32 Å². The summed E-state index contributed by atoms with van der Waals surface area (Å²) >= 11 is 11.2. The maximum absolute atomic E-state index is 13.1. The van der Waals surface area contributed by atoms with Gasteiger partial charge < -0.3 is 5.32 Å². The number of amides is 1. The third kappa shape index (κ3) is 3.83. The molecule has 0 heterocycles. The first-order valence-corrected chi connectivity index (χ1v) is 5.32. The number of nitrogens with one attached hydrogen (secondary N) is 1. The lowest BCUT2D eigenvalue weighted by atomic mass is 10.2. The number of halogens is 3. The number of carbonyl (C=O) groups is 1. The fourth-order valence-corrected chi connectivity index (χ4v) is 1.57. The Morgan fingerprint density at radius 1 is 1.44 bits per heavy atom. The summed E-state index contributed by atoms with van der Waals surface area (Å²) in [6.07, 6.45) is 3.43. The first-order valence-electron chi connectivity index (χ1n) is 4.56. The molecule has 1 aromatic rings. The lowest BCUT2D eigenvalue weighted by Gasteiger charge is -2.00. The highest BCUT2D eigenvalue weighted by Crippen LogP contribution is 2.25. The molecular weight excluding hydrogens is 252 g/mol. The Morgan fingerprint density at radius 3 is 2.50 bits per heavy atom. The summed E-state index contributed by atoms with van der Waals surface area (Å²) < 4.78 is 13.1. The summed E-state index contributed by atoms with van der Waals surface area (Å²) in [6.45, 7) is 1.83. The molecule has 1 N–H and O–H groups in total. The Hall–Kier alpha value is -1.06. The number of hydrogen-bond acceptors (Lipinski definition) is 1. The summed E-state index contributed by atoms with van der Waals surface area (Å²) in [6, 6.07) is 2.93. The number of hydrogen-bond donors (Lipinski definition) is 1. The van der Waals surface area contributed by atoms with Gasteiger partial charge in [-0.2, -0.15) is 0 Å². The molecule has 5 heteroatoms. The van der Waals surface area contributed by atoms with E-state index >= 15 is 0 Å². The van der Waals surface area contributed by atoms with Crippen LogP contribution < -0.4 is 5.32 Å². The minimum Gasteiger partial charge on any atom is -0.353 e. The van der Waals surface area contributed by atoms with Gasteiger partial charge >= 0.3 is 0 Å². The van der Waals surface area contributed by atoms with Crippen molar-refractivity contribution in [1.82, 2.24) is 5.32 Å². The van der Waals surface area contributed by atoms with Gasteiger partial charge in [-0.3, -0.25) is 4.79 Å². The van der Waals surface area contributed by atoms with Crippen LogP contribution in [0.3, 0.4) is 0 Å². The van der Waals surface area contributed by atoms with Crippen LogP contribution in [0.2, 0.25) is 10.0 Å². The van der Waals surface area contributed by atoms with Crippen molar-refractivity contribution < 1.29 is 9.18 Å². The van der Waals surface area contributed by atoms with E-state index in [1.165, 1.54) is 19.1 Å². The molecule has 0 aliphatic rings. The topological polar surface area (TPSA) is 29.1 Å². The summed E-state index contributed by atoms with van der Waals surface area (Å²) in [7, 11) is 0. The van der Waals surface area contributed by atoms with Crippen molar-refractivity contribution in [2.24, 2.45) is 0 Å². The first-order chi connectivity index (χ1) is 7.50. The van der Waals surface area contributed by atoms with E-state index in [1.54, 1.807) is 12.2 Å². The van der Waals surface area contributed by atoms with Crippen LogP contribution in [0.15, 0.2) is 18.2 Å². The molecule has 0 atom stereocenters. The monoisotopic (exact) mass is 261 g/mol. The van der Waals surface area contributed by atoms with E-state index < -0.39 is 5.82 Å². The van der Waals surface area contributed by atoms with Gasteiger partial charge in [-0.05, 0) is 17.7 Å². The maximum Gasteiger partial charge on any atom is 0.217 e. The zero-order valence-electron chi connectivity index (χ0n) is 8.56. The molecule has 86 valence electrons. The Balaban J connectivity index is 2.71. The van der Waals surface area contributed by atoms with Crippen LogP contribution in [0.5, 0.6) is 0 Å². The number of carbonyl (C=O) groups excluding carboxylic acids is 1. The van der Waals surface area contributed by atoms with Gasteiger partial charge in [0.05, 0.1) is 10.0 Å². The van der Waals surface area contributed by atoms with Crippen molar-refractivity contribution in [1.29, 1.82) is 0 Å². The molecule has 0 aromatic heterocycles. The Kier molecular flexibility index (Phi) is 4.77. The second-order valence-corrected chi connectivity index (χ2v) is 3.95. The molecule has 0 saturated heterocycles. The summed E-state index contributed by atoms with van der Waals surface area (Å²) in [5.74, 6) is -0.734. The fourth-order valence-electron chi connectivity index (χ4n) is 1.07. The van der Waals surface area contributed by atoms with Crippen molar-refractivity contribution >= 4 is 35.2 Å². The van der Waals surface area contributed by atoms with E-state index in [0.717, 1.165) is 0 Å². The maximum atomic E-state index is 13.1. The number of rotatable bonds is 3. The average molecular weight is 262 g/mol. The lowest BCUT2D eigenvalue weighted by Crippen LogP contribution is -2.19. The fraction of sp³-hybridized carbons (Fsp3) is 0.182. The Labute approximate surface area is 103 Å². The quantitative estimate of drug-likeness (QED) is 0.832. The molecule has 0 radical (unpaired) electrons. The molecule has 0 spiro atoms. The van der Waals surface area contributed by atoms with Gasteiger partial charge in [0.25, 0.3) is 0 Å². The first kappa shape index (κ1) is 13.0. The van der Waals surface area contributed by atoms with Gasteiger partial charge in [0, 0.05) is 13.5 Å². The Morgan fingerprint density at radius 2 is 2.00 bits per heavy atom. The molecule has 0 bridgehead atoms. The third-order valence-electron chi connectivity index (χ3n) is 1.79. The van der Waals surface area contributed by atoms with Gasteiger partial charge in [0.2, 0.25) is 5.91 Å². The molecule has 16 heavy (non-hydrogen) atoms. The highest BCUT2D eigenvalue weighted by Gasteiger charge is 2.05. The van der Waals surface area contributed by atoms with Crippen LogP contribution in [0.1, 0.15) is 12.5 Å². The zero-order valence-corrected chi connectivity index (χ0v) is 10.1. The minimum absolute atomic E-state index is 0.0216. The molecule has 0 fully saturated rings. The molecule has 0 aliphatic carbocycles. The van der Waals surface area contributed by atoms with Crippen LogP contribution in [-0.2, 0) is 4.79 Å². The average Bonchev–Trinajstić information content (AvgIpc) is 2.20. The van der Waals surface area contributed by atoms with Crippen LogP contribution in [0.25, 0.3) is 6.08 Å². The summed E-state index contributed by atoms with van der Waals surface area (Å²) in [4.78, 5) is 10.6. The van der Waals surface area contributed by atoms with E-state index in [9.17, 15) is 9.18 Å². The molecular formula is C11H10Cl2FNO. The summed E-state index contributed by atoms with van der Waals surface area (Å²) in [5, 5.41) is 2.55. The van der Waals surface area contributed by atoms with Crippen LogP contribution in [0, 0.1) is 5.82 Å². The van der Waals surface area contributed by atoms with Gasteiger partial charge in [-0.1, -0.05) is 35.4 Å². The standard InChI is InChI=1S/C11H10Cl2FNO/c1-7(16)15-4-2-3-8-5-9(12)11(14)10(13)6-8/h2-3,5-6H,4H2,1H3,(H,15,16). The van der Waals surface area contributed by atoms with Crippen LogP contribution in [-0.4, -0.2) is 12.5 Å². The second kappa shape index (κ2) is 5.87. The highest BCUT2D eigenvalue weighted by atomic mass is 35.5. The third-order valence-corrected chi connectivity index (χ3v) is 2.34. The second-order valence-electron chi connectivity index (χ2n) is 3.14. The predicted octanol–water partition coefficient (Wildman–Crippen LogP) is 3.28. The van der Waals surface area contributed by atoms with Gasteiger partial charge in [-0.25, -0.2) is 4.39 Å². The molecule has 2 nitrogen and oxygen atoms in total. The van der Waals surface area contributed by atoms with Crippen molar-refractivity contribution in [3.63, 3.8) is 0 Å². The molecule has 1 aromatic carbocycles. The van der Waals surface area contributed by atoms with Crippen LogP contribution >= 0.6 is 23.2 Å². The molecule has 0 unspecified atom stereocenters. The van der Waals surface area contributed by atoms with E-state index in [-0.39, 0.29) is 16.0 Å². The van der Waals surface area contributed by atoms with Gasteiger partial charge in [-0.15, -0.1) is 0 Å². The smallest absolute Gasteiger partial charge is 0.217 e. The summed E-state index contributed by atoms with van der Waals surface area (Å²) in [5.41, 5.74) is 0.682. The van der Waals surface area contributed by atoms with E-state index in [0.29, 0.717) is 12.1 Å². The zero-order chi connectivity index (χ0) is 12.1.